The van der Waals surface area contributed by atoms with Crippen LogP contribution in [0.4, 0.5) is 0 Å². The van der Waals surface area contributed by atoms with Crippen LogP contribution in [0.2, 0.25) is 0 Å². The average molecular weight is 190 g/mol. The molecule has 0 aromatic carbocycles. The van der Waals surface area contributed by atoms with E-state index in [1.54, 1.807) is 6.08 Å². The molecule has 2 aliphatic heterocycles. The van der Waals surface area contributed by atoms with Crippen molar-refractivity contribution in [2.24, 2.45) is 0 Å². The second-order valence-corrected chi connectivity index (χ2v) is 3.49. The van der Waals surface area contributed by atoms with Crippen molar-refractivity contribution in [3.63, 3.8) is 0 Å². The molecule has 1 atom stereocenters. The Morgan fingerprint density at radius 1 is 1.50 bits per heavy atom. The fourth-order valence-electron chi connectivity index (χ4n) is 1.70. The van der Waals surface area contributed by atoms with Crippen molar-refractivity contribution in [3.8, 4) is 11.8 Å². The van der Waals surface area contributed by atoms with Crippen molar-refractivity contribution in [3.05, 3.63) is 24.0 Å². The molecular weight excluding hydrogens is 176 g/mol. The molecule has 1 unspecified atom stereocenters. The van der Waals surface area contributed by atoms with Crippen molar-refractivity contribution in [2.45, 2.75) is 32.0 Å². The van der Waals surface area contributed by atoms with Gasteiger partial charge in [0.1, 0.15) is 5.76 Å². The summed E-state index contributed by atoms with van der Waals surface area (Å²) in [4.78, 5) is 0. The second-order valence-electron chi connectivity index (χ2n) is 3.49. The minimum absolute atomic E-state index is 0.473. The minimum atomic E-state index is -0.473. The maximum Gasteiger partial charge on any atom is 0.230 e. The molecule has 74 valence electrons. The quantitative estimate of drug-likeness (QED) is 0.546. The predicted molar refractivity (Wildman–Crippen MR) is 54.3 cm³/mol. The lowest BCUT2D eigenvalue weighted by atomic mass is 10.1. The lowest BCUT2D eigenvalue weighted by Crippen LogP contribution is -2.34. The van der Waals surface area contributed by atoms with Crippen LogP contribution in [-0.4, -0.2) is 12.4 Å². The molecule has 2 nitrogen and oxygen atoms in total. The van der Waals surface area contributed by atoms with Gasteiger partial charge in [-0.2, -0.15) is 0 Å². The molecule has 0 saturated carbocycles. The number of ether oxygens (including phenoxy) is 2. The maximum absolute atomic E-state index is 5.72. The minimum Gasteiger partial charge on any atom is -0.458 e. The molecule has 0 amide bonds. The van der Waals surface area contributed by atoms with Crippen LogP contribution in [-0.2, 0) is 9.47 Å². The van der Waals surface area contributed by atoms with Crippen molar-refractivity contribution in [1.29, 1.82) is 0 Å². The highest BCUT2D eigenvalue weighted by Gasteiger charge is 2.36. The van der Waals surface area contributed by atoms with Crippen molar-refractivity contribution >= 4 is 0 Å². The first-order chi connectivity index (χ1) is 6.85. The van der Waals surface area contributed by atoms with E-state index in [-0.39, 0.29) is 0 Å². The normalized spacial score (nSPS) is 32.8. The Labute approximate surface area is 84.6 Å². The SMILES string of the molecule is CC#CC=C1C=CC2(CCCCO2)O1. The molecule has 2 heterocycles. The molecule has 1 fully saturated rings. The smallest absolute Gasteiger partial charge is 0.230 e. The number of hydrogen-bond donors (Lipinski definition) is 0. The Morgan fingerprint density at radius 3 is 3.14 bits per heavy atom. The first-order valence-corrected chi connectivity index (χ1v) is 4.99. The fourth-order valence-corrected chi connectivity index (χ4v) is 1.70. The Bertz CT molecular complexity index is 322. The van der Waals surface area contributed by atoms with Gasteiger partial charge < -0.3 is 9.47 Å². The highest BCUT2D eigenvalue weighted by molar-refractivity contribution is 5.29. The van der Waals surface area contributed by atoms with Gasteiger partial charge in [-0.05, 0) is 31.9 Å². The van der Waals surface area contributed by atoms with E-state index in [4.69, 9.17) is 9.47 Å². The van der Waals surface area contributed by atoms with Gasteiger partial charge in [0.2, 0.25) is 5.79 Å². The summed E-state index contributed by atoms with van der Waals surface area (Å²) in [6, 6.07) is 0. The molecular formula is C12H14O2. The molecule has 0 radical (unpaired) electrons. The van der Waals surface area contributed by atoms with Gasteiger partial charge in [-0.15, -0.1) is 5.92 Å². The molecule has 2 heteroatoms. The van der Waals surface area contributed by atoms with E-state index in [2.05, 4.69) is 11.8 Å². The zero-order valence-electron chi connectivity index (χ0n) is 8.38. The van der Waals surface area contributed by atoms with Crippen molar-refractivity contribution in [2.75, 3.05) is 6.61 Å². The summed E-state index contributed by atoms with van der Waals surface area (Å²) in [5, 5.41) is 0. The number of rotatable bonds is 0. The molecule has 0 N–H and O–H groups in total. The van der Waals surface area contributed by atoms with Crippen LogP contribution in [0.25, 0.3) is 0 Å². The molecule has 2 aliphatic rings. The van der Waals surface area contributed by atoms with Crippen LogP contribution in [0, 0.1) is 11.8 Å². The van der Waals surface area contributed by atoms with E-state index in [0.717, 1.165) is 31.6 Å². The first kappa shape index (κ1) is 9.36. The van der Waals surface area contributed by atoms with E-state index in [1.807, 2.05) is 19.1 Å². The van der Waals surface area contributed by atoms with Crippen molar-refractivity contribution < 1.29 is 9.47 Å². The van der Waals surface area contributed by atoms with Gasteiger partial charge in [-0.3, -0.25) is 0 Å². The summed E-state index contributed by atoms with van der Waals surface area (Å²) < 4.78 is 11.4. The zero-order chi connectivity index (χ0) is 9.86. The molecule has 0 aromatic rings. The Hall–Kier alpha value is -1.20. The van der Waals surface area contributed by atoms with Gasteiger partial charge in [0, 0.05) is 12.5 Å². The monoisotopic (exact) mass is 190 g/mol. The van der Waals surface area contributed by atoms with Gasteiger partial charge in [-0.1, -0.05) is 5.92 Å². The standard InChI is InChI=1S/C12H14O2/c1-2-3-6-11-7-9-12(14-11)8-4-5-10-13-12/h6-7,9H,4-5,8,10H2,1H3. The van der Waals surface area contributed by atoms with Crippen LogP contribution < -0.4 is 0 Å². The molecule has 0 aromatic heterocycles. The second kappa shape index (κ2) is 3.89. The fraction of sp³-hybridized carbons (Fsp3) is 0.500. The topological polar surface area (TPSA) is 18.5 Å². The van der Waals surface area contributed by atoms with Crippen LogP contribution >= 0.6 is 0 Å². The summed E-state index contributed by atoms with van der Waals surface area (Å²) in [7, 11) is 0. The lowest BCUT2D eigenvalue weighted by Gasteiger charge is -2.31. The number of hydrogen-bond acceptors (Lipinski definition) is 2. The highest BCUT2D eigenvalue weighted by Crippen LogP contribution is 2.34. The molecule has 0 bridgehead atoms. The van der Waals surface area contributed by atoms with Crippen LogP contribution in [0.1, 0.15) is 26.2 Å². The van der Waals surface area contributed by atoms with E-state index >= 15 is 0 Å². The molecule has 0 aliphatic carbocycles. The summed E-state index contributed by atoms with van der Waals surface area (Å²) >= 11 is 0. The van der Waals surface area contributed by atoms with Gasteiger partial charge in [-0.25, -0.2) is 0 Å². The Balaban J connectivity index is 2.06. The molecule has 1 saturated heterocycles. The van der Waals surface area contributed by atoms with E-state index in [9.17, 15) is 0 Å². The largest absolute Gasteiger partial charge is 0.458 e. The number of allylic oxidation sites excluding steroid dienone is 2. The zero-order valence-corrected chi connectivity index (χ0v) is 8.38. The van der Waals surface area contributed by atoms with Gasteiger partial charge in [0.15, 0.2) is 0 Å². The van der Waals surface area contributed by atoms with Crippen LogP contribution in [0.15, 0.2) is 24.0 Å². The lowest BCUT2D eigenvalue weighted by molar-refractivity contribution is -0.191. The third-order valence-corrected chi connectivity index (χ3v) is 2.42. The summed E-state index contributed by atoms with van der Waals surface area (Å²) in [5.41, 5.74) is 0. The van der Waals surface area contributed by atoms with Gasteiger partial charge >= 0.3 is 0 Å². The summed E-state index contributed by atoms with van der Waals surface area (Å²) in [6.45, 7) is 2.60. The summed E-state index contributed by atoms with van der Waals surface area (Å²) in [6.07, 6.45) is 8.96. The highest BCUT2D eigenvalue weighted by atomic mass is 16.7. The third-order valence-electron chi connectivity index (χ3n) is 2.42. The van der Waals surface area contributed by atoms with E-state index < -0.39 is 5.79 Å². The van der Waals surface area contributed by atoms with Crippen LogP contribution in [0.5, 0.6) is 0 Å². The molecule has 1 spiro atoms. The molecule has 14 heavy (non-hydrogen) atoms. The first-order valence-electron chi connectivity index (χ1n) is 4.99. The van der Waals surface area contributed by atoms with Crippen molar-refractivity contribution in [1.82, 2.24) is 0 Å². The van der Waals surface area contributed by atoms with Crippen LogP contribution in [0.3, 0.4) is 0 Å². The average Bonchev–Trinajstić information content (AvgIpc) is 2.60. The van der Waals surface area contributed by atoms with Gasteiger partial charge in [0.05, 0.1) is 6.61 Å². The van der Waals surface area contributed by atoms with E-state index in [1.165, 1.54) is 0 Å². The molecule has 2 rings (SSSR count). The van der Waals surface area contributed by atoms with E-state index in [0.29, 0.717) is 0 Å². The Kier molecular flexibility index (Phi) is 2.60. The Morgan fingerprint density at radius 2 is 2.43 bits per heavy atom. The van der Waals surface area contributed by atoms with Gasteiger partial charge in [0.25, 0.3) is 0 Å². The maximum atomic E-state index is 5.72. The predicted octanol–water partition coefficient (Wildman–Crippen LogP) is 2.38. The third kappa shape index (κ3) is 1.83. The summed E-state index contributed by atoms with van der Waals surface area (Å²) in [5.74, 6) is 6.01.